The number of hydrogen-bond acceptors (Lipinski definition) is 8. The first kappa shape index (κ1) is 22.0. The van der Waals surface area contributed by atoms with Crippen molar-refractivity contribution < 1.29 is 33.6 Å². The van der Waals surface area contributed by atoms with E-state index in [4.69, 9.17) is 18.9 Å². The van der Waals surface area contributed by atoms with Gasteiger partial charge in [0.1, 0.15) is 5.54 Å². The van der Waals surface area contributed by atoms with Gasteiger partial charge in [-0.1, -0.05) is 6.07 Å². The van der Waals surface area contributed by atoms with Gasteiger partial charge < -0.3 is 24.1 Å². The number of methoxy groups -OCH3 is 4. The summed E-state index contributed by atoms with van der Waals surface area (Å²) < 4.78 is 22.0. The molecule has 1 aromatic carbocycles. The Labute approximate surface area is 198 Å². The molecule has 9 nitrogen and oxygen atoms in total. The lowest BCUT2D eigenvalue weighted by Gasteiger charge is -2.71. The van der Waals surface area contributed by atoms with Gasteiger partial charge in [0.2, 0.25) is 0 Å². The summed E-state index contributed by atoms with van der Waals surface area (Å²) in [6.45, 7) is 1.82. The fourth-order valence-electron chi connectivity index (χ4n) is 9.10. The number of rotatable bonds is 3. The minimum atomic E-state index is -1.89. The molecule has 3 heterocycles. The summed E-state index contributed by atoms with van der Waals surface area (Å²) in [5.74, 6) is 0.189. The van der Waals surface area contributed by atoms with Crippen LogP contribution in [0.5, 0.6) is 11.5 Å². The van der Waals surface area contributed by atoms with Crippen LogP contribution in [0.15, 0.2) is 12.1 Å². The molecule has 5 atom stereocenters. The summed E-state index contributed by atoms with van der Waals surface area (Å²) in [6.07, 6.45) is 3.60. The Bertz CT molecular complexity index is 1090. The van der Waals surface area contributed by atoms with Crippen molar-refractivity contribution >= 4 is 17.7 Å². The first-order chi connectivity index (χ1) is 16.3. The lowest BCUT2D eigenvalue weighted by Crippen LogP contribution is -2.86. The second kappa shape index (κ2) is 6.79. The molecule has 3 spiro atoms. The second-order valence-electron chi connectivity index (χ2n) is 10.5. The molecule has 7 rings (SSSR count). The minimum Gasteiger partial charge on any atom is -0.493 e. The Hall–Kier alpha value is -2.52. The normalized spacial score (nSPS) is 39.2. The molecule has 3 aliphatic carbocycles. The number of esters is 1. The van der Waals surface area contributed by atoms with E-state index in [9.17, 15) is 14.7 Å². The molecular formula is C25H32N2O7. The highest BCUT2D eigenvalue weighted by Gasteiger charge is 2.87. The molecule has 1 aromatic rings. The van der Waals surface area contributed by atoms with Gasteiger partial charge >= 0.3 is 12.1 Å². The van der Waals surface area contributed by atoms with Crippen LogP contribution in [0.3, 0.4) is 0 Å². The van der Waals surface area contributed by atoms with Gasteiger partial charge in [-0.3, -0.25) is 9.80 Å². The van der Waals surface area contributed by atoms with E-state index in [1.54, 1.807) is 7.11 Å². The molecule has 184 valence electrons. The number of benzene rings is 1. The summed E-state index contributed by atoms with van der Waals surface area (Å²) in [6, 6.07) is 3.95. The highest BCUT2D eigenvalue weighted by atomic mass is 16.6. The number of ether oxygens (including phenoxy) is 4. The molecule has 6 aliphatic rings. The first-order valence-electron chi connectivity index (χ1n) is 12.0. The molecule has 1 N–H and O–H groups in total. The van der Waals surface area contributed by atoms with E-state index in [-0.39, 0.29) is 17.9 Å². The van der Waals surface area contributed by atoms with Gasteiger partial charge in [-0.25, -0.2) is 9.59 Å². The Morgan fingerprint density at radius 2 is 1.79 bits per heavy atom. The molecule has 0 aromatic heterocycles. The smallest absolute Gasteiger partial charge is 0.414 e. The standard InChI is InChI=1S/C25H32N2O7/c1-31-16-7-6-15-17(18(16)32-2)27(21(29)34-4)25-10-9-22(14-24(25,30)20(28)33-3)8-5-12-26-13-11-23(15,25)19(22)26/h6-7,19,30H,5,8-14H2,1-4H3/t19-,22-,23+,24+,25+/m0/s1. The monoisotopic (exact) mass is 472 g/mol. The molecule has 5 fully saturated rings. The maximum absolute atomic E-state index is 13.6. The quantitative estimate of drug-likeness (QED) is 0.669. The Balaban J connectivity index is 1.76. The molecule has 34 heavy (non-hydrogen) atoms. The van der Waals surface area contributed by atoms with Crippen LogP contribution in [0.25, 0.3) is 0 Å². The fourth-order valence-corrected chi connectivity index (χ4v) is 9.10. The molecule has 2 bridgehead atoms. The summed E-state index contributed by atoms with van der Waals surface area (Å²) in [5.41, 5.74) is -2.63. The zero-order chi connectivity index (χ0) is 24.1. The van der Waals surface area contributed by atoms with E-state index in [1.807, 2.05) is 12.1 Å². The maximum atomic E-state index is 13.6. The molecule has 2 saturated heterocycles. The average molecular weight is 473 g/mol. The van der Waals surface area contributed by atoms with Crippen molar-refractivity contribution in [3.05, 3.63) is 17.7 Å². The summed E-state index contributed by atoms with van der Waals surface area (Å²) in [5, 5.41) is 12.5. The third-order valence-corrected chi connectivity index (χ3v) is 9.83. The van der Waals surface area contributed by atoms with Crippen LogP contribution in [0, 0.1) is 5.41 Å². The fraction of sp³-hybridized carbons (Fsp3) is 0.680. The van der Waals surface area contributed by atoms with Gasteiger partial charge in [-0.2, -0.15) is 0 Å². The number of carbonyl (C=O) groups excluding carboxylic acids is 2. The third kappa shape index (κ3) is 2.03. The predicted octanol–water partition coefficient (Wildman–Crippen LogP) is 2.22. The average Bonchev–Trinajstić information content (AvgIpc) is 3.38. The van der Waals surface area contributed by atoms with Gasteiger partial charge in [0.25, 0.3) is 0 Å². The van der Waals surface area contributed by atoms with Crippen molar-refractivity contribution in [3.8, 4) is 11.5 Å². The van der Waals surface area contributed by atoms with Gasteiger partial charge in [-0.05, 0) is 68.7 Å². The SMILES string of the molecule is COC(=O)N1c2c(ccc(OC)c2OC)[C@@]23CCN4CCC[C@@]5(CC[C@@]12[C@](O)(C(=O)OC)C5)[C@H]43. The van der Waals surface area contributed by atoms with Crippen LogP contribution in [0.4, 0.5) is 10.5 Å². The number of hydrogen-bond donors (Lipinski definition) is 1. The van der Waals surface area contributed by atoms with E-state index >= 15 is 0 Å². The van der Waals surface area contributed by atoms with E-state index in [0.29, 0.717) is 30.0 Å². The second-order valence-corrected chi connectivity index (χ2v) is 10.5. The number of piperidine rings is 1. The van der Waals surface area contributed by atoms with Crippen molar-refractivity contribution in [2.24, 2.45) is 5.41 Å². The topological polar surface area (TPSA) is 97.8 Å². The minimum absolute atomic E-state index is 0.0962. The summed E-state index contributed by atoms with van der Waals surface area (Å²) >= 11 is 0. The summed E-state index contributed by atoms with van der Waals surface area (Å²) in [4.78, 5) is 31.2. The van der Waals surface area contributed by atoms with Crippen molar-refractivity contribution in [2.45, 2.75) is 61.1 Å². The van der Waals surface area contributed by atoms with E-state index in [1.165, 1.54) is 26.2 Å². The van der Waals surface area contributed by atoms with E-state index in [2.05, 4.69) is 4.90 Å². The third-order valence-electron chi connectivity index (χ3n) is 9.83. The first-order valence-corrected chi connectivity index (χ1v) is 12.0. The van der Waals surface area contributed by atoms with Crippen molar-refractivity contribution in [1.29, 1.82) is 0 Å². The maximum Gasteiger partial charge on any atom is 0.414 e. The number of anilines is 1. The molecule has 3 aliphatic heterocycles. The Kier molecular flexibility index (Phi) is 4.39. The van der Waals surface area contributed by atoms with Crippen LogP contribution in [-0.4, -0.2) is 80.8 Å². The number of aliphatic hydroxyl groups is 1. The van der Waals surface area contributed by atoms with Crippen LogP contribution < -0.4 is 14.4 Å². The van der Waals surface area contributed by atoms with Crippen molar-refractivity contribution in [3.63, 3.8) is 0 Å². The van der Waals surface area contributed by atoms with Gasteiger partial charge in [0.05, 0.1) is 34.1 Å². The Morgan fingerprint density at radius 3 is 2.47 bits per heavy atom. The molecule has 0 radical (unpaired) electrons. The zero-order valence-electron chi connectivity index (χ0n) is 20.2. The molecule has 0 unspecified atom stereocenters. The lowest BCUT2D eigenvalue weighted by atomic mass is 9.37. The van der Waals surface area contributed by atoms with E-state index in [0.717, 1.165) is 37.9 Å². The van der Waals surface area contributed by atoms with Crippen LogP contribution in [0.2, 0.25) is 0 Å². The molecule has 1 amide bonds. The van der Waals surface area contributed by atoms with Crippen molar-refractivity contribution in [2.75, 3.05) is 46.4 Å². The largest absolute Gasteiger partial charge is 0.493 e. The van der Waals surface area contributed by atoms with Crippen LogP contribution >= 0.6 is 0 Å². The van der Waals surface area contributed by atoms with Crippen LogP contribution in [-0.2, 0) is 19.7 Å². The molecule has 3 saturated carbocycles. The molecule has 9 heteroatoms. The lowest BCUT2D eigenvalue weighted by molar-refractivity contribution is -0.227. The summed E-state index contributed by atoms with van der Waals surface area (Å²) in [7, 11) is 5.72. The number of nitrogens with zero attached hydrogens (tertiary/aromatic N) is 2. The number of amides is 1. The number of carbonyl (C=O) groups is 2. The van der Waals surface area contributed by atoms with Crippen molar-refractivity contribution in [1.82, 2.24) is 4.90 Å². The van der Waals surface area contributed by atoms with Gasteiger partial charge in [-0.15, -0.1) is 0 Å². The highest BCUT2D eigenvalue weighted by Crippen LogP contribution is 2.78. The number of fused-ring (bicyclic) bond motifs is 3. The van der Waals surface area contributed by atoms with Gasteiger partial charge in [0.15, 0.2) is 17.1 Å². The Morgan fingerprint density at radius 1 is 1.00 bits per heavy atom. The van der Waals surface area contributed by atoms with E-state index < -0.39 is 28.6 Å². The predicted molar refractivity (Wildman–Crippen MR) is 121 cm³/mol. The van der Waals surface area contributed by atoms with Crippen LogP contribution in [0.1, 0.15) is 44.1 Å². The zero-order valence-corrected chi connectivity index (χ0v) is 20.2. The van der Waals surface area contributed by atoms with Gasteiger partial charge in [0, 0.05) is 11.5 Å². The highest BCUT2D eigenvalue weighted by molar-refractivity contribution is 6.01. The molecular weight excluding hydrogens is 440 g/mol.